The number of rotatable bonds is 6. The van der Waals surface area contributed by atoms with Crippen LogP contribution in [0.25, 0.3) is 22.3 Å². The average molecular weight is 530 g/mol. The number of anilines is 1. The summed E-state index contributed by atoms with van der Waals surface area (Å²) in [6.45, 7) is 6.12. The Morgan fingerprint density at radius 3 is 2.59 bits per heavy atom. The fourth-order valence-electron chi connectivity index (χ4n) is 6.05. The van der Waals surface area contributed by atoms with Crippen LogP contribution in [0.2, 0.25) is 0 Å². The molecule has 1 saturated carbocycles. The second-order valence-electron chi connectivity index (χ2n) is 11.3. The number of hydrogen-bond donors (Lipinski definition) is 0. The minimum absolute atomic E-state index is 0.256. The normalized spacial score (nSPS) is 17.3. The van der Waals surface area contributed by atoms with Gasteiger partial charge in [-0.2, -0.15) is 4.98 Å². The molecule has 0 atom stereocenters. The first kappa shape index (κ1) is 25.7. The van der Waals surface area contributed by atoms with E-state index in [9.17, 15) is 4.79 Å². The molecule has 2 fully saturated rings. The monoisotopic (exact) mass is 529 g/mol. The summed E-state index contributed by atoms with van der Waals surface area (Å²) < 4.78 is 23.2. The predicted molar refractivity (Wildman–Crippen MR) is 152 cm³/mol. The molecular weight excluding hydrogens is 493 g/mol. The number of benzene rings is 2. The van der Waals surface area contributed by atoms with Crippen molar-refractivity contribution >= 4 is 16.6 Å². The zero-order valence-corrected chi connectivity index (χ0v) is 22.8. The van der Waals surface area contributed by atoms with E-state index in [1.165, 1.54) is 25.3 Å². The highest BCUT2D eigenvalue weighted by Gasteiger charge is 2.23. The molecule has 1 aliphatic carbocycles. The Hall–Kier alpha value is -3.52. The summed E-state index contributed by atoms with van der Waals surface area (Å²) in [5, 5.41) is 4.55. The van der Waals surface area contributed by atoms with Gasteiger partial charge in [0.05, 0.1) is 23.2 Å². The van der Waals surface area contributed by atoms with Gasteiger partial charge in [-0.1, -0.05) is 48.7 Å². The SMILES string of the molecule is Cc1ccccc1Cc1nc(-c2cn(CC3CCCCC3)c3cc(N4CCN(C)CC4)c(F)cc3c2=O)no1. The van der Waals surface area contributed by atoms with Gasteiger partial charge in [0, 0.05) is 44.3 Å². The summed E-state index contributed by atoms with van der Waals surface area (Å²) in [7, 11) is 2.09. The Kier molecular flexibility index (Phi) is 7.21. The van der Waals surface area contributed by atoms with Crippen molar-refractivity contribution in [2.24, 2.45) is 5.92 Å². The van der Waals surface area contributed by atoms with Crippen molar-refractivity contribution in [1.82, 2.24) is 19.6 Å². The van der Waals surface area contributed by atoms with Gasteiger partial charge in [-0.15, -0.1) is 0 Å². The number of fused-ring (bicyclic) bond motifs is 1. The van der Waals surface area contributed by atoms with Crippen LogP contribution in [0.5, 0.6) is 0 Å². The van der Waals surface area contributed by atoms with Crippen molar-refractivity contribution in [2.45, 2.75) is 52.0 Å². The molecule has 0 radical (unpaired) electrons. The Morgan fingerprint density at radius 2 is 1.82 bits per heavy atom. The molecule has 4 aromatic rings. The van der Waals surface area contributed by atoms with Crippen LogP contribution in [0.3, 0.4) is 0 Å². The number of piperazine rings is 1. The maximum Gasteiger partial charge on any atom is 0.231 e. The Morgan fingerprint density at radius 1 is 1.05 bits per heavy atom. The first-order valence-corrected chi connectivity index (χ1v) is 14.1. The molecule has 0 amide bonds. The van der Waals surface area contributed by atoms with E-state index >= 15 is 4.39 Å². The molecule has 39 heavy (non-hydrogen) atoms. The third-order valence-corrected chi connectivity index (χ3v) is 8.48. The minimum atomic E-state index is -0.362. The number of hydrogen-bond acceptors (Lipinski definition) is 6. The molecule has 7 nitrogen and oxygen atoms in total. The molecule has 2 aliphatic rings. The van der Waals surface area contributed by atoms with Crippen LogP contribution in [0.1, 0.15) is 49.1 Å². The van der Waals surface area contributed by atoms with Gasteiger partial charge >= 0.3 is 0 Å². The van der Waals surface area contributed by atoms with Crippen LogP contribution < -0.4 is 10.3 Å². The van der Waals surface area contributed by atoms with Crippen LogP contribution in [0, 0.1) is 18.7 Å². The van der Waals surface area contributed by atoms with Crippen molar-refractivity contribution in [3.05, 3.63) is 75.7 Å². The number of halogens is 1. The van der Waals surface area contributed by atoms with Crippen molar-refractivity contribution in [1.29, 1.82) is 0 Å². The molecule has 0 N–H and O–H groups in total. The lowest BCUT2D eigenvalue weighted by molar-refractivity contribution is 0.311. The number of nitrogens with zero attached hydrogens (tertiary/aromatic N) is 5. The highest BCUT2D eigenvalue weighted by atomic mass is 19.1. The second-order valence-corrected chi connectivity index (χ2v) is 11.3. The zero-order valence-electron chi connectivity index (χ0n) is 22.8. The summed E-state index contributed by atoms with van der Waals surface area (Å²) in [6.07, 6.45) is 8.42. The molecule has 8 heteroatoms. The quantitative estimate of drug-likeness (QED) is 0.332. The number of aryl methyl sites for hydroxylation is 1. The van der Waals surface area contributed by atoms with E-state index in [-0.39, 0.29) is 17.1 Å². The lowest BCUT2D eigenvalue weighted by Crippen LogP contribution is -2.44. The zero-order chi connectivity index (χ0) is 26.9. The molecule has 204 valence electrons. The molecule has 1 saturated heterocycles. The third kappa shape index (κ3) is 5.35. The van der Waals surface area contributed by atoms with Gasteiger partial charge in [0.15, 0.2) is 0 Å². The molecule has 0 bridgehead atoms. The highest BCUT2D eigenvalue weighted by molar-refractivity contribution is 5.86. The van der Waals surface area contributed by atoms with Gasteiger partial charge in [0.1, 0.15) is 5.82 Å². The maximum absolute atomic E-state index is 15.5. The fourth-order valence-corrected chi connectivity index (χ4v) is 6.05. The summed E-state index contributed by atoms with van der Waals surface area (Å²) in [5.74, 6) is 0.871. The van der Waals surface area contributed by atoms with Crippen molar-refractivity contribution in [3.63, 3.8) is 0 Å². The molecule has 2 aromatic heterocycles. The second kappa shape index (κ2) is 10.9. The molecule has 2 aromatic carbocycles. The van der Waals surface area contributed by atoms with Gasteiger partial charge < -0.3 is 18.9 Å². The smallest absolute Gasteiger partial charge is 0.231 e. The van der Waals surface area contributed by atoms with Crippen LogP contribution >= 0.6 is 0 Å². The van der Waals surface area contributed by atoms with Crippen molar-refractivity contribution in [3.8, 4) is 11.4 Å². The number of likely N-dealkylation sites (N-methyl/N-ethyl adjacent to an activating group) is 1. The number of aromatic nitrogens is 3. The van der Waals surface area contributed by atoms with E-state index in [0.717, 1.165) is 62.2 Å². The number of pyridine rings is 1. The van der Waals surface area contributed by atoms with E-state index in [1.807, 2.05) is 43.5 Å². The Labute approximate surface area is 228 Å². The maximum atomic E-state index is 15.5. The Balaban J connectivity index is 1.41. The van der Waals surface area contributed by atoms with E-state index in [4.69, 9.17) is 4.52 Å². The molecule has 0 spiro atoms. The third-order valence-electron chi connectivity index (χ3n) is 8.48. The van der Waals surface area contributed by atoms with E-state index < -0.39 is 0 Å². The van der Waals surface area contributed by atoms with E-state index in [2.05, 4.69) is 31.6 Å². The van der Waals surface area contributed by atoms with Crippen molar-refractivity contribution < 1.29 is 8.91 Å². The summed E-state index contributed by atoms with van der Waals surface area (Å²) >= 11 is 0. The first-order chi connectivity index (χ1) is 19.0. The summed E-state index contributed by atoms with van der Waals surface area (Å²) in [5.41, 5.74) is 3.67. The summed E-state index contributed by atoms with van der Waals surface area (Å²) in [6, 6.07) is 11.4. The highest BCUT2D eigenvalue weighted by Crippen LogP contribution is 2.30. The van der Waals surface area contributed by atoms with Gasteiger partial charge in [0.2, 0.25) is 17.1 Å². The van der Waals surface area contributed by atoms with Gasteiger partial charge in [0.25, 0.3) is 0 Å². The van der Waals surface area contributed by atoms with Crippen LogP contribution in [0.4, 0.5) is 10.1 Å². The average Bonchev–Trinajstić information content (AvgIpc) is 3.41. The fraction of sp³-hybridized carbons (Fsp3) is 0.452. The lowest BCUT2D eigenvalue weighted by Gasteiger charge is -2.34. The summed E-state index contributed by atoms with van der Waals surface area (Å²) in [4.78, 5) is 22.7. The van der Waals surface area contributed by atoms with Crippen molar-refractivity contribution in [2.75, 3.05) is 38.1 Å². The molecule has 3 heterocycles. The standard InChI is InChI=1S/C31H36FN5O2/c1-21-8-6-7-11-23(21)16-29-33-31(34-39-29)25-20-37(19-22-9-4-3-5-10-22)27-18-28(26(32)17-24(27)30(25)38)36-14-12-35(2)13-15-36/h6-8,11,17-18,20,22H,3-5,9-10,12-16,19H2,1-2H3. The molecular formula is C31H36FN5O2. The van der Waals surface area contributed by atoms with Gasteiger partial charge in [-0.25, -0.2) is 4.39 Å². The first-order valence-electron chi connectivity index (χ1n) is 14.1. The Bertz CT molecular complexity index is 1530. The van der Waals surface area contributed by atoms with Crippen LogP contribution in [-0.4, -0.2) is 52.8 Å². The topological polar surface area (TPSA) is 67.4 Å². The van der Waals surface area contributed by atoms with Gasteiger partial charge in [-0.05, 0) is 56.0 Å². The molecule has 1 aliphatic heterocycles. The largest absolute Gasteiger partial charge is 0.367 e. The van der Waals surface area contributed by atoms with E-state index in [1.54, 1.807) is 0 Å². The predicted octanol–water partition coefficient (Wildman–Crippen LogP) is 5.42. The molecule has 6 rings (SSSR count). The lowest BCUT2D eigenvalue weighted by atomic mass is 9.89. The minimum Gasteiger partial charge on any atom is -0.367 e. The van der Waals surface area contributed by atoms with E-state index in [0.29, 0.717) is 34.9 Å². The molecule has 0 unspecified atom stereocenters. The van der Waals surface area contributed by atoms with Crippen LogP contribution in [-0.2, 0) is 13.0 Å². The van der Waals surface area contributed by atoms with Gasteiger partial charge in [-0.3, -0.25) is 4.79 Å². The van der Waals surface area contributed by atoms with Crippen LogP contribution in [0.15, 0.2) is 51.9 Å².